The molecule has 4 nitrogen and oxygen atoms in total. The zero-order valence-corrected chi connectivity index (χ0v) is 10.1. The van der Waals surface area contributed by atoms with Crippen LogP contribution in [-0.2, 0) is 6.54 Å². The minimum atomic E-state index is 0.369. The molecule has 0 saturated carbocycles. The van der Waals surface area contributed by atoms with Crippen molar-refractivity contribution in [1.82, 2.24) is 14.7 Å². The third-order valence-electron chi connectivity index (χ3n) is 3.30. The van der Waals surface area contributed by atoms with E-state index in [0.29, 0.717) is 12.6 Å². The second kappa shape index (κ2) is 5.46. The Balaban J connectivity index is 2.06. The lowest BCUT2D eigenvalue weighted by atomic mass is 10.1. The van der Waals surface area contributed by atoms with Crippen molar-refractivity contribution in [2.24, 2.45) is 5.73 Å². The number of aryl methyl sites for hydroxylation is 1. The summed E-state index contributed by atoms with van der Waals surface area (Å²) < 4.78 is 2.02. The van der Waals surface area contributed by atoms with Gasteiger partial charge < -0.3 is 5.73 Å². The Morgan fingerprint density at radius 2 is 2.19 bits per heavy atom. The Bertz CT molecular complexity index is 315. The smallest absolute Gasteiger partial charge is 0.0538 e. The molecule has 1 saturated heterocycles. The second-order valence-corrected chi connectivity index (χ2v) is 4.53. The van der Waals surface area contributed by atoms with Crippen LogP contribution in [-0.4, -0.2) is 34.3 Å². The van der Waals surface area contributed by atoms with Crippen molar-refractivity contribution in [2.45, 2.75) is 38.8 Å². The number of hydrogen-bond donors (Lipinski definition) is 1. The first kappa shape index (κ1) is 11.6. The molecule has 0 aliphatic carbocycles. The van der Waals surface area contributed by atoms with Crippen molar-refractivity contribution in [3.05, 3.63) is 18.0 Å². The average molecular weight is 222 g/mol. The van der Waals surface area contributed by atoms with E-state index >= 15 is 0 Å². The number of rotatable bonds is 5. The van der Waals surface area contributed by atoms with Crippen LogP contribution >= 0.6 is 0 Å². The molecule has 0 amide bonds. The maximum absolute atomic E-state index is 5.89. The summed E-state index contributed by atoms with van der Waals surface area (Å²) in [4.78, 5) is 2.48. The molecule has 16 heavy (non-hydrogen) atoms. The van der Waals surface area contributed by atoms with Crippen LogP contribution in [0.15, 0.2) is 12.4 Å². The molecule has 1 aliphatic rings. The molecule has 4 heteroatoms. The Labute approximate surface area is 97.4 Å². The van der Waals surface area contributed by atoms with Crippen LogP contribution in [0.2, 0.25) is 0 Å². The van der Waals surface area contributed by atoms with Gasteiger partial charge in [-0.05, 0) is 32.4 Å². The van der Waals surface area contributed by atoms with Crippen LogP contribution < -0.4 is 5.73 Å². The largest absolute Gasteiger partial charge is 0.329 e. The molecule has 0 bridgehead atoms. The van der Waals surface area contributed by atoms with Crippen LogP contribution in [0.5, 0.6) is 0 Å². The van der Waals surface area contributed by atoms with E-state index in [1.165, 1.54) is 31.5 Å². The number of hydrogen-bond acceptors (Lipinski definition) is 3. The fourth-order valence-electron chi connectivity index (χ4n) is 2.45. The van der Waals surface area contributed by atoms with Crippen molar-refractivity contribution in [2.75, 3.05) is 19.6 Å². The van der Waals surface area contributed by atoms with Gasteiger partial charge in [-0.3, -0.25) is 9.58 Å². The fourth-order valence-corrected chi connectivity index (χ4v) is 2.45. The zero-order chi connectivity index (χ0) is 11.4. The maximum atomic E-state index is 5.89. The molecule has 0 aromatic carbocycles. The normalized spacial score (nSPS) is 19.1. The van der Waals surface area contributed by atoms with Gasteiger partial charge in [0.1, 0.15) is 0 Å². The highest BCUT2D eigenvalue weighted by molar-refractivity contribution is 5.11. The first-order valence-electron chi connectivity index (χ1n) is 6.31. The average Bonchev–Trinajstić information content (AvgIpc) is 2.92. The molecule has 1 fully saturated rings. The van der Waals surface area contributed by atoms with Crippen molar-refractivity contribution >= 4 is 0 Å². The summed E-state index contributed by atoms with van der Waals surface area (Å²) in [6, 6.07) is 0.369. The summed E-state index contributed by atoms with van der Waals surface area (Å²) in [5, 5.41) is 4.38. The van der Waals surface area contributed by atoms with Gasteiger partial charge in [-0.25, -0.2) is 0 Å². The maximum Gasteiger partial charge on any atom is 0.0538 e. The van der Waals surface area contributed by atoms with Crippen LogP contribution in [0.1, 0.15) is 37.8 Å². The molecule has 1 unspecified atom stereocenters. The summed E-state index contributed by atoms with van der Waals surface area (Å²) in [5.41, 5.74) is 7.16. The summed E-state index contributed by atoms with van der Waals surface area (Å²) in [6.45, 7) is 6.22. The van der Waals surface area contributed by atoms with Crippen molar-refractivity contribution in [3.8, 4) is 0 Å². The summed E-state index contributed by atoms with van der Waals surface area (Å²) >= 11 is 0. The first-order chi connectivity index (χ1) is 7.85. The van der Waals surface area contributed by atoms with E-state index in [1.807, 2.05) is 10.9 Å². The lowest BCUT2D eigenvalue weighted by Crippen LogP contribution is -2.31. The van der Waals surface area contributed by atoms with E-state index in [0.717, 1.165) is 13.0 Å². The Hall–Kier alpha value is -0.870. The van der Waals surface area contributed by atoms with Gasteiger partial charge >= 0.3 is 0 Å². The molecule has 1 atom stereocenters. The molecule has 0 spiro atoms. The van der Waals surface area contributed by atoms with Gasteiger partial charge in [0.2, 0.25) is 0 Å². The Kier molecular flexibility index (Phi) is 3.96. The van der Waals surface area contributed by atoms with Crippen LogP contribution in [0.3, 0.4) is 0 Å². The monoisotopic (exact) mass is 222 g/mol. The van der Waals surface area contributed by atoms with Gasteiger partial charge in [0.05, 0.1) is 12.2 Å². The minimum absolute atomic E-state index is 0.369. The molecule has 90 valence electrons. The number of aromatic nitrogens is 2. The third-order valence-corrected chi connectivity index (χ3v) is 3.30. The highest BCUT2D eigenvalue weighted by atomic mass is 15.3. The van der Waals surface area contributed by atoms with E-state index < -0.39 is 0 Å². The van der Waals surface area contributed by atoms with E-state index in [4.69, 9.17) is 5.73 Å². The minimum Gasteiger partial charge on any atom is -0.329 e. The van der Waals surface area contributed by atoms with Crippen molar-refractivity contribution in [1.29, 1.82) is 0 Å². The predicted octanol–water partition coefficient (Wildman–Crippen LogP) is 1.39. The van der Waals surface area contributed by atoms with Gasteiger partial charge in [0, 0.05) is 24.8 Å². The molecular weight excluding hydrogens is 200 g/mol. The van der Waals surface area contributed by atoms with Crippen molar-refractivity contribution in [3.63, 3.8) is 0 Å². The number of nitrogens with zero attached hydrogens (tertiary/aromatic N) is 3. The van der Waals surface area contributed by atoms with E-state index in [2.05, 4.69) is 23.1 Å². The van der Waals surface area contributed by atoms with Crippen LogP contribution in [0.25, 0.3) is 0 Å². The highest BCUT2D eigenvalue weighted by Gasteiger charge is 2.23. The van der Waals surface area contributed by atoms with Gasteiger partial charge in [0.15, 0.2) is 0 Å². The van der Waals surface area contributed by atoms with Gasteiger partial charge in [-0.15, -0.1) is 0 Å². The molecule has 2 rings (SSSR count). The molecular formula is C12H22N4. The van der Waals surface area contributed by atoms with Crippen LogP contribution in [0.4, 0.5) is 0 Å². The lowest BCUT2D eigenvalue weighted by Gasteiger charge is -2.24. The number of likely N-dealkylation sites (tertiary alicyclic amines) is 1. The lowest BCUT2D eigenvalue weighted by molar-refractivity contribution is 0.251. The Morgan fingerprint density at radius 3 is 2.81 bits per heavy atom. The third kappa shape index (κ3) is 2.44. The van der Waals surface area contributed by atoms with E-state index in [1.54, 1.807) is 0 Å². The molecule has 1 aromatic heterocycles. The summed E-state index contributed by atoms with van der Waals surface area (Å²) in [6.07, 6.45) is 7.86. The summed E-state index contributed by atoms with van der Waals surface area (Å²) in [7, 11) is 0. The number of nitrogens with two attached hydrogens (primary N) is 1. The first-order valence-corrected chi connectivity index (χ1v) is 6.31. The fraction of sp³-hybridized carbons (Fsp3) is 0.750. The molecule has 1 aromatic rings. The second-order valence-electron chi connectivity index (χ2n) is 4.53. The standard InChI is InChI=1S/C12H22N4/c1-2-5-16-10-11(9-14-16)12(8-13)15-6-3-4-7-15/h9-10,12H,2-8,13H2,1H3. The summed E-state index contributed by atoms with van der Waals surface area (Å²) in [5.74, 6) is 0. The van der Waals surface area contributed by atoms with Gasteiger partial charge in [-0.1, -0.05) is 6.92 Å². The van der Waals surface area contributed by atoms with Crippen molar-refractivity contribution < 1.29 is 0 Å². The zero-order valence-electron chi connectivity index (χ0n) is 10.1. The van der Waals surface area contributed by atoms with Gasteiger partial charge in [0.25, 0.3) is 0 Å². The molecule has 0 radical (unpaired) electrons. The van der Waals surface area contributed by atoms with Crippen LogP contribution in [0, 0.1) is 0 Å². The molecule has 2 heterocycles. The SMILES string of the molecule is CCCn1cc(C(CN)N2CCCC2)cn1. The molecule has 1 aliphatic heterocycles. The van der Waals surface area contributed by atoms with E-state index in [9.17, 15) is 0 Å². The highest BCUT2D eigenvalue weighted by Crippen LogP contribution is 2.23. The topological polar surface area (TPSA) is 47.1 Å². The molecule has 2 N–H and O–H groups in total. The Morgan fingerprint density at radius 1 is 1.44 bits per heavy atom. The van der Waals surface area contributed by atoms with E-state index in [-0.39, 0.29) is 0 Å². The van der Waals surface area contributed by atoms with Gasteiger partial charge in [-0.2, -0.15) is 5.10 Å². The quantitative estimate of drug-likeness (QED) is 0.819. The predicted molar refractivity (Wildman–Crippen MR) is 65.1 cm³/mol.